The molecule has 0 saturated carbocycles. The number of hydrogen-bond acceptors (Lipinski definition) is 3. The summed E-state index contributed by atoms with van der Waals surface area (Å²) in [5.74, 6) is 0. The molecule has 0 radical (unpaired) electrons. The second kappa shape index (κ2) is 6.80. The van der Waals surface area contributed by atoms with E-state index in [0.717, 1.165) is 6.04 Å². The number of nitrogens with two attached hydrogens (primary N) is 1. The van der Waals surface area contributed by atoms with E-state index in [-0.39, 0.29) is 0 Å². The van der Waals surface area contributed by atoms with Gasteiger partial charge in [-0.05, 0) is 62.9 Å². The van der Waals surface area contributed by atoms with Crippen molar-refractivity contribution < 1.29 is 0 Å². The molecule has 21 heavy (non-hydrogen) atoms. The fourth-order valence-electron chi connectivity index (χ4n) is 3.90. The largest absolute Gasteiger partial charge is 0.371 e. The van der Waals surface area contributed by atoms with E-state index >= 15 is 0 Å². The van der Waals surface area contributed by atoms with Gasteiger partial charge in [0.05, 0.1) is 0 Å². The lowest BCUT2D eigenvalue weighted by Crippen LogP contribution is -2.47. The zero-order chi connectivity index (χ0) is 14.7. The van der Waals surface area contributed by atoms with Crippen LogP contribution in [0.1, 0.15) is 43.2 Å². The van der Waals surface area contributed by atoms with Gasteiger partial charge in [-0.2, -0.15) is 0 Å². The SMILES string of the molecule is Cc1ccc(CN)c(N2CCC(N3CCCCC3)CC2)c1. The van der Waals surface area contributed by atoms with Crippen LogP contribution in [0.4, 0.5) is 5.69 Å². The Morgan fingerprint density at radius 1 is 1.05 bits per heavy atom. The zero-order valence-electron chi connectivity index (χ0n) is 13.4. The molecular weight excluding hydrogens is 258 g/mol. The highest BCUT2D eigenvalue weighted by molar-refractivity contribution is 5.55. The third-order valence-electron chi connectivity index (χ3n) is 5.17. The number of hydrogen-bond donors (Lipinski definition) is 1. The molecule has 2 fully saturated rings. The van der Waals surface area contributed by atoms with Crippen molar-refractivity contribution in [3.05, 3.63) is 29.3 Å². The van der Waals surface area contributed by atoms with Gasteiger partial charge in [0, 0.05) is 31.4 Å². The van der Waals surface area contributed by atoms with Crippen molar-refractivity contribution >= 4 is 5.69 Å². The number of piperidine rings is 2. The average molecular weight is 287 g/mol. The zero-order valence-corrected chi connectivity index (χ0v) is 13.4. The van der Waals surface area contributed by atoms with Gasteiger partial charge in [0.25, 0.3) is 0 Å². The van der Waals surface area contributed by atoms with Crippen LogP contribution >= 0.6 is 0 Å². The standard InChI is InChI=1S/C18H29N3/c1-15-5-6-16(14-19)18(13-15)21-11-7-17(8-12-21)20-9-3-2-4-10-20/h5-6,13,17H,2-4,7-12,14,19H2,1H3. The normalized spacial score (nSPS) is 21.7. The van der Waals surface area contributed by atoms with Crippen LogP contribution in [0.15, 0.2) is 18.2 Å². The lowest BCUT2D eigenvalue weighted by molar-refractivity contribution is 0.141. The highest BCUT2D eigenvalue weighted by Crippen LogP contribution is 2.27. The molecule has 1 aromatic rings. The van der Waals surface area contributed by atoms with E-state index in [1.165, 1.54) is 75.1 Å². The quantitative estimate of drug-likeness (QED) is 0.928. The molecule has 2 aliphatic rings. The molecule has 2 heterocycles. The molecule has 0 unspecified atom stereocenters. The van der Waals surface area contributed by atoms with Crippen molar-refractivity contribution in [2.24, 2.45) is 5.73 Å². The summed E-state index contributed by atoms with van der Waals surface area (Å²) in [5.41, 5.74) is 9.91. The fourth-order valence-corrected chi connectivity index (χ4v) is 3.90. The van der Waals surface area contributed by atoms with Crippen LogP contribution in [-0.2, 0) is 6.54 Å². The smallest absolute Gasteiger partial charge is 0.0414 e. The van der Waals surface area contributed by atoms with Gasteiger partial charge in [-0.3, -0.25) is 0 Å². The van der Waals surface area contributed by atoms with E-state index in [4.69, 9.17) is 5.73 Å². The molecule has 3 rings (SSSR count). The van der Waals surface area contributed by atoms with Gasteiger partial charge in [-0.1, -0.05) is 18.6 Å². The molecule has 2 aliphatic heterocycles. The molecule has 0 atom stereocenters. The number of rotatable bonds is 3. The van der Waals surface area contributed by atoms with Crippen LogP contribution in [0.25, 0.3) is 0 Å². The molecule has 3 heteroatoms. The maximum atomic E-state index is 5.92. The van der Waals surface area contributed by atoms with E-state index in [9.17, 15) is 0 Å². The Morgan fingerprint density at radius 3 is 2.43 bits per heavy atom. The summed E-state index contributed by atoms with van der Waals surface area (Å²) in [7, 11) is 0. The summed E-state index contributed by atoms with van der Waals surface area (Å²) >= 11 is 0. The van der Waals surface area contributed by atoms with Gasteiger partial charge in [0.15, 0.2) is 0 Å². The first-order valence-electron chi connectivity index (χ1n) is 8.56. The molecule has 2 saturated heterocycles. The van der Waals surface area contributed by atoms with Crippen LogP contribution < -0.4 is 10.6 Å². The Labute approximate surface area is 129 Å². The predicted octanol–water partition coefficient (Wildman–Crippen LogP) is 2.91. The van der Waals surface area contributed by atoms with Crippen LogP contribution in [0.5, 0.6) is 0 Å². The molecule has 0 bridgehead atoms. The number of likely N-dealkylation sites (tertiary alicyclic amines) is 1. The topological polar surface area (TPSA) is 32.5 Å². The Balaban J connectivity index is 1.64. The molecule has 0 aromatic heterocycles. The van der Waals surface area contributed by atoms with E-state index < -0.39 is 0 Å². The van der Waals surface area contributed by atoms with Gasteiger partial charge in [-0.15, -0.1) is 0 Å². The second-order valence-electron chi connectivity index (χ2n) is 6.65. The lowest BCUT2D eigenvalue weighted by Gasteiger charge is -2.41. The van der Waals surface area contributed by atoms with E-state index in [0.29, 0.717) is 6.54 Å². The van der Waals surface area contributed by atoms with Crippen molar-refractivity contribution in [1.29, 1.82) is 0 Å². The summed E-state index contributed by atoms with van der Waals surface area (Å²) in [5, 5.41) is 0. The van der Waals surface area contributed by atoms with Gasteiger partial charge in [0.1, 0.15) is 0 Å². The van der Waals surface area contributed by atoms with Crippen molar-refractivity contribution in [3.63, 3.8) is 0 Å². The average Bonchev–Trinajstić information content (AvgIpc) is 2.56. The number of nitrogens with zero attached hydrogens (tertiary/aromatic N) is 2. The maximum Gasteiger partial charge on any atom is 0.0414 e. The molecule has 1 aromatic carbocycles. The Hall–Kier alpha value is -1.06. The highest BCUT2D eigenvalue weighted by Gasteiger charge is 2.26. The van der Waals surface area contributed by atoms with Gasteiger partial charge < -0.3 is 15.5 Å². The minimum Gasteiger partial charge on any atom is -0.371 e. The fraction of sp³-hybridized carbons (Fsp3) is 0.667. The molecule has 3 nitrogen and oxygen atoms in total. The van der Waals surface area contributed by atoms with Crippen LogP contribution in [0.3, 0.4) is 0 Å². The summed E-state index contributed by atoms with van der Waals surface area (Å²) < 4.78 is 0. The summed E-state index contributed by atoms with van der Waals surface area (Å²) in [4.78, 5) is 5.29. The van der Waals surface area contributed by atoms with Gasteiger partial charge in [-0.25, -0.2) is 0 Å². The number of anilines is 1. The predicted molar refractivity (Wildman–Crippen MR) is 89.7 cm³/mol. The van der Waals surface area contributed by atoms with E-state index in [2.05, 4.69) is 34.9 Å². The number of aryl methyl sites for hydroxylation is 1. The lowest BCUT2D eigenvalue weighted by atomic mass is 9.98. The van der Waals surface area contributed by atoms with Crippen molar-refractivity contribution in [2.45, 2.75) is 51.6 Å². The summed E-state index contributed by atoms with van der Waals surface area (Å²) in [6, 6.07) is 7.49. The summed E-state index contributed by atoms with van der Waals surface area (Å²) in [6.45, 7) is 7.81. The van der Waals surface area contributed by atoms with Crippen molar-refractivity contribution in [1.82, 2.24) is 4.90 Å². The first-order chi connectivity index (χ1) is 10.3. The first-order valence-corrected chi connectivity index (χ1v) is 8.56. The maximum absolute atomic E-state index is 5.92. The van der Waals surface area contributed by atoms with E-state index in [1.807, 2.05) is 0 Å². The van der Waals surface area contributed by atoms with Crippen LogP contribution in [0.2, 0.25) is 0 Å². The van der Waals surface area contributed by atoms with Gasteiger partial charge in [0.2, 0.25) is 0 Å². The number of benzene rings is 1. The van der Waals surface area contributed by atoms with E-state index in [1.54, 1.807) is 0 Å². The van der Waals surface area contributed by atoms with Crippen molar-refractivity contribution in [2.75, 3.05) is 31.1 Å². The second-order valence-corrected chi connectivity index (χ2v) is 6.65. The molecule has 0 amide bonds. The molecule has 116 valence electrons. The summed E-state index contributed by atoms with van der Waals surface area (Å²) in [6.07, 6.45) is 6.83. The minimum atomic E-state index is 0.641. The Bertz CT molecular complexity index is 458. The molecule has 0 spiro atoms. The van der Waals surface area contributed by atoms with Crippen molar-refractivity contribution in [3.8, 4) is 0 Å². The highest BCUT2D eigenvalue weighted by atomic mass is 15.2. The molecule has 0 aliphatic carbocycles. The Kier molecular flexibility index (Phi) is 4.81. The van der Waals surface area contributed by atoms with Crippen LogP contribution in [0, 0.1) is 6.92 Å². The third-order valence-corrected chi connectivity index (χ3v) is 5.17. The molecular formula is C18H29N3. The third kappa shape index (κ3) is 3.41. The Morgan fingerprint density at radius 2 is 1.76 bits per heavy atom. The van der Waals surface area contributed by atoms with Crippen LogP contribution in [-0.4, -0.2) is 37.1 Å². The first kappa shape index (κ1) is 14.9. The molecule has 2 N–H and O–H groups in total. The minimum absolute atomic E-state index is 0.641. The van der Waals surface area contributed by atoms with Gasteiger partial charge >= 0.3 is 0 Å². The monoisotopic (exact) mass is 287 g/mol.